The van der Waals surface area contributed by atoms with Gasteiger partial charge >= 0.3 is 0 Å². The lowest BCUT2D eigenvalue weighted by Crippen LogP contribution is -2.39. The number of ether oxygens (including phenoxy) is 3. The highest BCUT2D eigenvalue weighted by Gasteiger charge is 2.25. The SMILES string of the molecule is CCc1ccc(OCC(=O)Nc2ccc3c(c2)N(CCCOc2cccc(C)c2)C(=O)CO3)cc1. The van der Waals surface area contributed by atoms with Crippen LogP contribution in [-0.2, 0) is 16.0 Å². The fraction of sp³-hybridized carbons (Fsp3) is 0.286. The lowest BCUT2D eigenvalue weighted by molar-refractivity contribution is -0.121. The molecule has 1 aliphatic rings. The molecule has 2 amide bonds. The van der Waals surface area contributed by atoms with Gasteiger partial charge in [0.05, 0.1) is 12.3 Å². The summed E-state index contributed by atoms with van der Waals surface area (Å²) < 4.78 is 17.0. The molecule has 0 bridgehead atoms. The van der Waals surface area contributed by atoms with Crippen LogP contribution in [0.4, 0.5) is 11.4 Å². The molecule has 182 valence electrons. The fourth-order valence-corrected chi connectivity index (χ4v) is 3.81. The summed E-state index contributed by atoms with van der Waals surface area (Å²) in [5, 5.41) is 2.83. The van der Waals surface area contributed by atoms with E-state index >= 15 is 0 Å². The summed E-state index contributed by atoms with van der Waals surface area (Å²) in [6.07, 6.45) is 1.60. The van der Waals surface area contributed by atoms with Crippen LogP contribution in [0.15, 0.2) is 66.7 Å². The number of rotatable bonds is 10. The van der Waals surface area contributed by atoms with Gasteiger partial charge in [0.1, 0.15) is 17.2 Å². The molecule has 0 fully saturated rings. The zero-order valence-corrected chi connectivity index (χ0v) is 20.1. The highest BCUT2D eigenvalue weighted by molar-refractivity contribution is 5.99. The van der Waals surface area contributed by atoms with Gasteiger partial charge in [-0.15, -0.1) is 0 Å². The summed E-state index contributed by atoms with van der Waals surface area (Å²) in [5.41, 5.74) is 3.54. The van der Waals surface area contributed by atoms with Gasteiger partial charge in [-0.05, 0) is 73.4 Å². The third-order valence-electron chi connectivity index (χ3n) is 5.67. The second kappa shape index (κ2) is 11.4. The van der Waals surface area contributed by atoms with Crippen molar-refractivity contribution in [1.82, 2.24) is 0 Å². The summed E-state index contributed by atoms with van der Waals surface area (Å²) in [4.78, 5) is 26.7. The van der Waals surface area contributed by atoms with E-state index in [0.29, 0.717) is 42.4 Å². The van der Waals surface area contributed by atoms with E-state index in [0.717, 1.165) is 17.7 Å². The minimum atomic E-state index is -0.286. The molecule has 0 saturated heterocycles. The molecule has 0 atom stereocenters. The first-order valence-corrected chi connectivity index (χ1v) is 11.8. The lowest BCUT2D eigenvalue weighted by Gasteiger charge is -2.30. The van der Waals surface area contributed by atoms with E-state index in [1.54, 1.807) is 23.1 Å². The molecular weight excluding hydrogens is 444 g/mol. The Morgan fingerprint density at radius 2 is 1.86 bits per heavy atom. The Morgan fingerprint density at radius 3 is 2.63 bits per heavy atom. The standard InChI is InChI=1S/C28H30N2O5/c1-3-21-8-11-23(12-9-21)34-18-27(31)29-22-10-13-26-25(17-22)30(28(32)19-35-26)14-5-15-33-24-7-4-6-20(2)16-24/h4,6-13,16-17H,3,5,14-15,18-19H2,1-2H3,(H,29,31). The number of benzene rings is 3. The van der Waals surface area contributed by atoms with Crippen LogP contribution in [0, 0.1) is 6.92 Å². The number of carbonyl (C=O) groups is 2. The van der Waals surface area contributed by atoms with E-state index in [-0.39, 0.29) is 25.0 Å². The van der Waals surface area contributed by atoms with Crippen molar-refractivity contribution in [3.8, 4) is 17.2 Å². The third kappa shape index (κ3) is 6.53. The summed E-state index contributed by atoms with van der Waals surface area (Å²) in [5.74, 6) is 1.64. The maximum absolute atomic E-state index is 12.6. The Balaban J connectivity index is 1.33. The summed E-state index contributed by atoms with van der Waals surface area (Å²) in [6.45, 7) is 4.94. The van der Waals surface area contributed by atoms with Crippen LogP contribution >= 0.6 is 0 Å². The number of aryl methyl sites for hydroxylation is 2. The molecule has 35 heavy (non-hydrogen) atoms. The second-order valence-corrected chi connectivity index (χ2v) is 8.37. The molecule has 0 unspecified atom stereocenters. The molecule has 4 rings (SSSR count). The lowest BCUT2D eigenvalue weighted by atomic mass is 10.2. The number of nitrogens with zero attached hydrogens (tertiary/aromatic N) is 1. The van der Waals surface area contributed by atoms with Crippen molar-refractivity contribution in [2.45, 2.75) is 26.7 Å². The van der Waals surface area contributed by atoms with Gasteiger partial charge in [-0.3, -0.25) is 9.59 Å². The molecule has 0 aliphatic carbocycles. The molecule has 3 aromatic carbocycles. The average molecular weight is 475 g/mol. The van der Waals surface area contributed by atoms with Crippen molar-refractivity contribution in [2.75, 3.05) is 36.6 Å². The van der Waals surface area contributed by atoms with E-state index in [9.17, 15) is 9.59 Å². The van der Waals surface area contributed by atoms with Crippen molar-refractivity contribution in [1.29, 1.82) is 0 Å². The number of nitrogens with one attached hydrogen (secondary N) is 1. The van der Waals surface area contributed by atoms with Crippen LogP contribution < -0.4 is 24.4 Å². The Hall–Kier alpha value is -4.00. The monoisotopic (exact) mass is 474 g/mol. The van der Waals surface area contributed by atoms with Gasteiger partial charge in [-0.25, -0.2) is 0 Å². The van der Waals surface area contributed by atoms with Crippen molar-refractivity contribution in [2.24, 2.45) is 0 Å². The third-order valence-corrected chi connectivity index (χ3v) is 5.67. The van der Waals surface area contributed by atoms with Gasteiger partial charge < -0.3 is 24.4 Å². The zero-order chi connectivity index (χ0) is 24.6. The highest BCUT2D eigenvalue weighted by atomic mass is 16.5. The molecule has 1 aliphatic heterocycles. The molecule has 1 N–H and O–H groups in total. The summed E-state index contributed by atoms with van der Waals surface area (Å²) >= 11 is 0. The Bertz CT molecular complexity index is 1180. The van der Waals surface area contributed by atoms with Gasteiger partial charge in [-0.1, -0.05) is 31.2 Å². The smallest absolute Gasteiger partial charge is 0.265 e. The first-order valence-electron chi connectivity index (χ1n) is 11.8. The second-order valence-electron chi connectivity index (χ2n) is 8.37. The van der Waals surface area contributed by atoms with E-state index in [1.807, 2.05) is 55.5 Å². The number of hydrogen-bond donors (Lipinski definition) is 1. The molecule has 0 saturated carbocycles. The predicted molar refractivity (Wildman–Crippen MR) is 136 cm³/mol. The van der Waals surface area contributed by atoms with Crippen molar-refractivity contribution in [3.05, 3.63) is 77.9 Å². The van der Waals surface area contributed by atoms with Crippen molar-refractivity contribution >= 4 is 23.2 Å². The van der Waals surface area contributed by atoms with Crippen LogP contribution in [0.25, 0.3) is 0 Å². The molecule has 0 radical (unpaired) electrons. The molecular formula is C28H30N2O5. The number of hydrogen-bond acceptors (Lipinski definition) is 5. The molecule has 7 nitrogen and oxygen atoms in total. The van der Waals surface area contributed by atoms with Gasteiger partial charge in [0.2, 0.25) is 0 Å². The Kier molecular flexibility index (Phi) is 7.88. The maximum Gasteiger partial charge on any atom is 0.265 e. The minimum absolute atomic E-state index is 0.0118. The van der Waals surface area contributed by atoms with Crippen LogP contribution in [0.1, 0.15) is 24.5 Å². The topological polar surface area (TPSA) is 77.1 Å². The quantitative estimate of drug-likeness (QED) is 0.429. The molecule has 0 aromatic heterocycles. The summed E-state index contributed by atoms with van der Waals surface area (Å²) in [6, 6.07) is 20.8. The minimum Gasteiger partial charge on any atom is -0.494 e. The van der Waals surface area contributed by atoms with E-state index < -0.39 is 0 Å². The Labute approximate surface area is 205 Å². The van der Waals surface area contributed by atoms with Gasteiger partial charge in [-0.2, -0.15) is 0 Å². The van der Waals surface area contributed by atoms with Crippen LogP contribution in [-0.4, -0.2) is 38.2 Å². The van der Waals surface area contributed by atoms with E-state index in [2.05, 4.69) is 12.2 Å². The largest absolute Gasteiger partial charge is 0.494 e. The van der Waals surface area contributed by atoms with Gasteiger partial charge in [0, 0.05) is 12.2 Å². The zero-order valence-electron chi connectivity index (χ0n) is 20.1. The number of carbonyl (C=O) groups excluding carboxylic acids is 2. The van der Waals surface area contributed by atoms with E-state index in [1.165, 1.54) is 5.56 Å². The van der Waals surface area contributed by atoms with Crippen molar-refractivity contribution in [3.63, 3.8) is 0 Å². The molecule has 0 spiro atoms. The van der Waals surface area contributed by atoms with Crippen molar-refractivity contribution < 1.29 is 23.8 Å². The predicted octanol–water partition coefficient (Wildman–Crippen LogP) is 4.77. The first kappa shape index (κ1) is 24.1. The molecule has 7 heteroatoms. The van der Waals surface area contributed by atoms with Crippen LogP contribution in [0.5, 0.6) is 17.2 Å². The molecule has 1 heterocycles. The van der Waals surface area contributed by atoms with Gasteiger partial charge in [0.15, 0.2) is 13.2 Å². The Morgan fingerprint density at radius 1 is 1.03 bits per heavy atom. The average Bonchev–Trinajstić information content (AvgIpc) is 2.87. The normalized spacial score (nSPS) is 12.5. The number of anilines is 2. The first-order chi connectivity index (χ1) is 17.0. The summed E-state index contributed by atoms with van der Waals surface area (Å²) in [7, 11) is 0. The maximum atomic E-state index is 12.6. The van der Waals surface area contributed by atoms with Crippen LogP contribution in [0.3, 0.4) is 0 Å². The van der Waals surface area contributed by atoms with Gasteiger partial charge in [0.25, 0.3) is 11.8 Å². The fourth-order valence-electron chi connectivity index (χ4n) is 3.81. The number of amides is 2. The van der Waals surface area contributed by atoms with E-state index in [4.69, 9.17) is 14.2 Å². The number of fused-ring (bicyclic) bond motifs is 1. The molecule has 3 aromatic rings. The highest BCUT2D eigenvalue weighted by Crippen LogP contribution is 2.34. The van der Waals surface area contributed by atoms with Crippen LogP contribution in [0.2, 0.25) is 0 Å².